The van der Waals surface area contributed by atoms with Crippen molar-refractivity contribution in [2.75, 3.05) is 6.54 Å². The van der Waals surface area contributed by atoms with Gasteiger partial charge in [-0.25, -0.2) is 13.2 Å². The topological polar surface area (TPSA) is 40.5 Å². The molecule has 1 fully saturated rings. The molecule has 1 aromatic rings. The van der Waals surface area contributed by atoms with Gasteiger partial charge in [0.15, 0.2) is 11.6 Å². The standard InChI is InChI=1S/C14H16F3NO2/c1-8-10(14(19)20)3-2-4-18(8)7-9-5-12(16)13(17)6-11(9)15/h5-6,8,10H,2-4,7H2,1H3,(H,19,20)/t8-,10-/m1/s1. The Morgan fingerprint density at radius 3 is 2.60 bits per heavy atom. The van der Waals surface area contributed by atoms with E-state index in [1.165, 1.54) is 0 Å². The quantitative estimate of drug-likeness (QED) is 0.869. The number of likely N-dealkylation sites (tertiary alicyclic amines) is 1. The second-order valence-electron chi connectivity index (χ2n) is 5.16. The highest BCUT2D eigenvalue weighted by Crippen LogP contribution is 2.26. The number of carboxylic acid groups (broad SMARTS) is 1. The molecule has 0 bridgehead atoms. The van der Waals surface area contributed by atoms with Gasteiger partial charge < -0.3 is 5.11 Å². The molecule has 110 valence electrons. The fraction of sp³-hybridized carbons (Fsp3) is 0.500. The number of carboxylic acids is 1. The summed E-state index contributed by atoms with van der Waals surface area (Å²) in [4.78, 5) is 12.9. The van der Waals surface area contributed by atoms with Crippen molar-refractivity contribution >= 4 is 5.97 Å². The molecule has 1 aliphatic heterocycles. The van der Waals surface area contributed by atoms with Gasteiger partial charge in [-0.05, 0) is 32.4 Å². The maximum absolute atomic E-state index is 13.6. The van der Waals surface area contributed by atoms with E-state index in [2.05, 4.69) is 0 Å². The molecule has 2 atom stereocenters. The fourth-order valence-electron chi connectivity index (χ4n) is 2.67. The van der Waals surface area contributed by atoms with Gasteiger partial charge in [0.05, 0.1) is 5.92 Å². The van der Waals surface area contributed by atoms with Gasteiger partial charge in [-0.2, -0.15) is 0 Å². The third-order valence-electron chi connectivity index (χ3n) is 3.90. The summed E-state index contributed by atoms with van der Waals surface area (Å²) in [6.45, 7) is 2.45. The predicted octanol–water partition coefficient (Wildman–Crippen LogP) is 2.79. The van der Waals surface area contributed by atoms with Gasteiger partial charge in [0.25, 0.3) is 0 Å². The average Bonchev–Trinajstić information content (AvgIpc) is 2.37. The molecular weight excluding hydrogens is 271 g/mol. The van der Waals surface area contributed by atoms with Crippen LogP contribution in [0.25, 0.3) is 0 Å². The van der Waals surface area contributed by atoms with Crippen molar-refractivity contribution < 1.29 is 23.1 Å². The van der Waals surface area contributed by atoms with Crippen LogP contribution < -0.4 is 0 Å². The van der Waals surface area contributed by atoms with Gasteiger partial charge >= 0.3 is 5.97 Å². The van der Waals surface area contributed by atoms with Crippen molar-refractivity contribution in [3.8, 4) is 0 Å². The number of aliphatic carboxylic acids is 1. The lowest BCUT2D eigenvalue weighted by molar-refractivity contribution is -0.145. The van der Waals surface area contributed by atoms with Crippen LogP contribution in [-0.4, -0.2) is 28.6 Å². The monoisotopic (exact) mass is 287 g/mol. The van der Waals surface area contributed by atoms with Gasteiger partial charge in [0.1, 0.15) is 5.82 Å². The zero-order valence-electron chi connectivity index (χ0n) is 11.1. The first-order valence-corrected chi connectivity index (χ1v) is 6.50. The van der Waals surface area contributed by atoms with Crippen LogP contribution in [0, 0.1) is 23.4 Å². The van der Waals surface area contributed by atoms with Gasteiger partial charge in [-0.1, -0.05) is 0 Å². The number of piperidine rings is 1. The molecule has 6 heteroatoms. The van der Waals surface area contributed by atoms with Crippen molar-refractivity contribution in [1.29, 1.82) is 0 Å². The zero-order valence-corrected chi connectivity index (χ0v) is 11.1. The van der Waals surface area contributed by atoms with E-state index < -0.39 is 29.3 Å². The van der Waals surface area contributed by atoms with Crippen molar-refractivity contribution in [2.24, 2.45) is 5.92 Å². The lowest BCUT2D eigenvalue weighted by Gasteiger charge is -2.37. The Labute approximate surface area is 115 Å². The molecule has 3 nitrogen and oxygen atoms in total. The summed E-state index contributed by atoms with van der Waals surface area (Å²) in [6.07, 6.45) is 1.26. The number of halogens is 3. The second kappa shape index (κ2) is 5.83. The highest BCUT2D eigenvalue weighted by atomic mass is 19.2. The van der Waals surface area contributed by atoms with Crippen molar-refractivity contribution in [3.63, 3.8) is 0 Å². The van der Waals surface area contributed by atoms with E-state index in [0.29, 0.717) is 25.5 Å². The van der Waals surface area contributed by atoms with Crippen LogP contribution in [0.5, 0.6) is 0 Å². The number of rotatable bonds is 3. The van der Waals surface area contributed by atoms with Crippen LogP contribution in [0.1, 0.15) is 25.3 Å². The summed E-state index contributed by atoms with van der Waals surface area (Å²) < 4.78 is 39.7. The highest BCUT2D eigenvalue weighted by Gasteiger charge is 2.33. The second-order valence-corrected chi connectivity index (χ2v) is 5.16. The molecular formula is C14H16F3NO2. The first-order valence-electron chi connectivity index (χ1n) is 6.50. The van der Waals surface area contributed by atoms with E-state index in [1.807, 2.05) is 0 Å². The molecule has 1 N–H and O–H groups in total. The minimum atomic E-state index is -1.22. The summed E-state index contributed by atoms with van der Waals surface area (Å²) >= 11 is 0. The molecule has 0 aromatic heterocycles. The summed E-state index contributed by atoms with van der Waals surface area (Å²) in [6, 6.07) is 1.09. The molecule has 1 aliphatic rings. The third kappa shape index (κ3) is 2.95. The first kappa shape index (κ1) is 14.8. The lowest BCUT2D eigenvalue weighted by atomic mass is 9.90. The highest BCUT2D eigenvalue weighted by molar-refractivity contribution is 5.70. The minimum absolute atomic E-state index is 0.0433. The Bertz CT molecular complexity index is 521. The Morgan fingerprint density at radius 2 is 1.95 bits per heavy atom. The summed E-state index contributed by atoms with van der Waals surface area (Å²) in [5.74, 6) is -4.53. The molecule has 0 unspecified atom stereocenters. The number of hydrogen-bond acceptors (Lipinski definition) is 2. The van der Waals surface area contributed by atoms with Crippen LogP contribution in [-0.2, 0) is 11.3 Å². The smallest absolute Gasteiger partial charge is 0.308 e. The van der Waals surface area contributed by atoms with Gasteiger partial charge in [-0.3, -0.25) is 9.69 Å². The number of carbonyl (C=O) groups is 1. The minimum Gasteiger partial charge on any atom is -0.481 e. The molecule has 0 aliphatic carbocycles. The first-order chi connectivity index (χ1) is 9.40. The van der Waals surface area contributed by atoms with Gasteiger partial charge in [0, 0.05) is 24.2 Å². The van der Waals surface area contributed by atoms with E-state index in [1.54, 1.807) is 11.8 Å². The third-order valence-corrected chi connectivity index (χ3v) is 3.90. The Hall–Kier alpha value is -1.56. The van der Waals surface area contributed by atoms with Crippen molar-refractivity contribution in [2.45, 2.75) is 32.4 Å². The molecule has 1 aromatic carbocycles. The van der Waals surface area contributed by atoms with Crippen molar-refractivity contribution in [3.05, 3.63) is 35.1 Å². The largest absolute Gasteiger partial charge is 0.481 e. The fourth-order valence-corrected chi connectivity index (χ4v) is 2.67. The van der Waals surface area contributed by atoms with Gasteiger partial charge in [-0.15, -0.1) is 0 Å². The number of hydrogen-bond donors (Lipinski definition) is 1. The maximum atomic E-state index is 13.6. The Balaban J connectivity index is 2.17. The van der Waals surface area contributed by atoms with Crippen LogP contribution >= 0.6 is 0 Å². The summed E-state index contributed by atoms with van der Waals surface area (Å²) in [5, 5.41) is 9.12. The molecule has 2 rings (SSSR count). The maximum Gasteiger partial charge on any atom is 0.308 e. The zero-order chi connectivity index (χ0) is 14.9. The van der Waals surface area contributed by atoms with E-state index in [4.69, 9.17) is 5.11 Å². The van der Waals surface area contributed by atoms with E-state index in [9.17, 15) is 18.0 Å². The molecule has 1 heterocycles. The van der Waals surface area contributed by atoms with E-state index in [-0.39, 0.29) is 18.2 Å². The SMILES string of the molecule is C[C@@H]1[C@H](C(=O)O)CCCN1Cc1cc(F)c(F)cc1F. The summed E-state index contributed by atoms with van der Waals surface area (Å²) in [7, 11) is 0. The number of nitrogens with zero attached hydrogens (tertiary/aromatic N) is 1. The Kier molecular flexibility index (Phi) is 4.32. The van der Waals surface area contributed by atoms with Crippen LogP contribution in [0.4, 0.5) is 13.2 Å². The summed E-state index contributed by atoms with van der Waals surface area (Å²) in [5.41, 5.74) is 0.0433. The average molecular weight is 287 g/mol. The van der Waals surface area contributed by atoms with E-state index >= 15 is 0 Å². The van der Waals surface area contributed by atoms with Crippen LogP contribution in [0.3, 0.4) is 0 Å². The van der Waals surface area contributed by atoms with Crippen molar-refractivity contribution in [1.82, 2.24) is 4.90 Å². The van der Waals surface area contributed by atoms with Gasteiger partial charge in [0.2, 0.25) is 0 Å². The molecule has 1 saturated heterocycles. The van der Waals surface area contributed by atoms with Crippen LogP contribution in [0.15, 0.2) is 12.1 Å². The van der Waals surface area contributed by atoms with Crippen LogP contribution in [0.2, 0.25) is 0 Å². The Morgan fingerprint density at radius 1 is 1.30 bits per heavy atom. The predicted molar refractivity (Wildman–Crippen MR) is 66.5 cm³/mol. The molecule has 0 radical (unpaired) electrons. The molecule has 0 saturated carbocycles. The van der Waals surface area contributed by atoms with E-state index in [0.717, 1.165) is 6.07 Å². The number of benzene rings is 1. The molecule has 20 heavy (non-hydrogen) atoms. The normalized spacial score (nSPS) is 23.8. The lowest BCUT2D eigenvalue weighted by Crippen LogP contribution is -2.45. The molecule has 0 amide bonds. The molecule has 0 spiro atoms.